The number of nitrogens with two attached hydrogens (primary N) is 1. The fraction of sp³-hybridized carbons (Fsp3) is 0.833. The number of ether oxygens (including phenoxy) is 1. The molecule has 18 heavy (non-hydrogen) atoms. The molecule has 0 saturated carbocycles. The van der Waals surface area contributed by atoms with Gasteiger partial charge in [-0.3, -0.25) is 4.79 Å². The third-order valence-corrected chi connectivity index (χ3v) is 3.37. The van der Waals surface area contributed by atoms with E-state index in [0.717, 1.165) is 0 Å². The van der Waals surface area contributed by atoms with Gasteiger partial charge in [-0.05, 0) is 6.92 Å². The average molecular weight is 257 g/mol. The Morgan fingerprint density at radius 1 is 1.50 bits per heavy atom. The van der Waals surface area contributed by atoms with E-state index in [1.165, 1.54) is 0 Å². The van der Waals surface area contributed by atoms with Gasteiger partial charge in [-0.1, -0.05) is 19.0 Å². The lowest BCUT2D eigenvalue weighted by molar-refractivity contribution is -0.138. The normalized spacial score (nSPS) is 20.2. The van der Waals surface area contributed by atoms with Gasteiger partial charge in [-0.25, -0.2) is 0 Å². The number of hydrogen-bond donors (Lipinski definition) is 2. The van der Waals surface area contributed by atoms with E-state index < -0.39 is 5.60 Å². The first-order valence-electron chi connectivity index (χ1n) is 6.37. The molecule has 104 valence electrons. The van der Waals surface area contributed by atoms with E-state index in [4.69, 9.17) is 15.7 Å². The zero-order chi connectivity index (χ0) is 13.8. The fourth-order valence-electron chi connectivity index (χ4n) is 2.30. The minimum Gasteiger partial charge on any atom is -0.409 e. The van der Waals surface area contributed by atoms with Crippen LogP contribution in [-0.2, 0) is 9.53 Å². The standard InChI is InChI=1S/C12H23N3O3/c1-4-18-12(11(13)14-17)5-7-15(8-6-12)10(16)9(2)3/h9,17H,4-8H2,1-3H3,(H2,13,14). The summed E-state index contributed by atoms with van der Waals surface area (Å²) in [6.07, 6.45) is 1.13. The number of rotatable bonds is 4. The van der Waals surface area contributed by atoms with Crippen molar-refractivity contribution in [2.45, 2.75) is 39.2 Å². The number of hydrogen-bond acceptors (Lipinski definition) is 4. The third kappa shape index (κ3) is 2.93. The van der Waals surface area contributed by atoms with Gasteiger partial charge in [-0.15, -0.1) is 0 Å². The van der Waals surface area contributed by atoms with Crippen LogP contribution in [0.4, 0.5) is 0 Å². The molecule has 1 heterocycles. The summed E-state index contributed by atoms with van der Waals surface area (Å²) in [5, 5.41) is 11.9. The Labute approximate surface area is 108 Å². The smallest absolute Gasteiger partial charge is 0.225 e. The Kier molecular flexibility index (Phi) is 4.95. The van der Waals surface area contributed by atoms with Gasteiger partial charge < -0.3 is 20.6 Å². The molecular weight excluding hydrogens is 234 g/mol. The molecule has 6 nitrogen and oxygen atoms in total. The van der Waals surface area contributed by atoms with Gasteiger partial charge in [0, 0.05) is 38.5 Å². The summed E-state index contributed by atoms with van der Waals surface area (Å²) in [6, 6.07) is 0. The van der Waals surface area contributed by atoms with Crippen molar-refractivity contribution in [3.05, 3.63) is 0 Å². The Morgan fingerprint density at radius 2 is 2.06 bits per heavy atom. The van der Waals surface area contributed by atoms with Crippen LogP contribution < -0.4 is 5.73 Å². The van der Waals surface area contributed by atoms with Crippen LogP contribution in [-0.4, -0.2) is 47.1 Å². The van der Waals surface area contributed by atoms with Crippen molar-refractivity contribution in [1.82, 2.24) is 4.90 Å². The molecule has 1 fully saturated rings. The van der Waals surface area contributed by atoms with E-state index >= 15 is 0 Å². The molecule has 1 aliphatic heterocycles. The van der Waals surface area contributed by atoms with Crippen LogP contribution in [0.5, 0.6) is 0 Å². The summed E-state index contributed by atoms with van der Waals surface area (Å²) < 4.78 is 5.66. The number of carbonyl (C=O) groups is 1. The molecular formula is C12H23N3O3. The average Bonchev–Trinajstić information content (AvgIpc) is 2.38. The zero-order valence-corrected chi connectivity index (χ0v) is 11.3. The van der Waals surface area contributed by atoms with Crippen molar-refractivity contribution in [2.75, 3.05) is 19.7 Å². The molecule has 1 saturated heterocycles. The molecule has 0 spiro atoms. The van der Waals surface area contributed by atoms with Crippen LogP contribution >= 0.6 is 0 Å². The third-order valence-electron chi connectivity index (χ3n) is 3.37. The molecule has 0 unspecified atom stereocenters. The van der Waals surface area contributed by atoms with Crippen molar-refractivity contribution >= 4 is 11.7 Å². The van der Waals surface area contributed by atoms with Crippen molar-refractivity contribution in [3.63, 3.8) is 0 Å². The van der Waals surface area contributed by atoms with Crippen LogP contribution in [0.25, 0.3) is 0 Å². The SMILES string of the molecule is CCOC1(C(N)=NO)CCN(C(=O)C(C)C)CC1. The molecule has 0 aromatic carbocycles. The van der Waals surface area contributed by atoms with Crippen molar-refractivity contribution in [3.8, 4) is 0 Å². The highest BCUT2D eigenvalue weighted by Gasteiger charge is 2.40. The second kappa shape index (κ2) is 6.04. The molecule has 0 bridgehead atoms. The topological polar surface area (TPSA) is 88.2 Å². The summed E-state index contributed by atoms with van der Waals surface area (Å²) in [4.78, 5) is 13.7. The number of piperidine rings is 1. The molecule has 0 atom stereocenters. The highest BCUT2D eigenvalue weighted by molar-refractivity contribution is 5.89. The van der Waals surface area contributed by atoms with Gasteiger partial charge in [0.1, 0.15) is 5.60 Å². The van der Waals surface area contributed by atoms with Crippen LogP contribution in [0.2, 0.25) is 0 Å². The van der Waals surface area contributed by atoms with E-state index in [1.54, 1.807) is 0 Å². The zero-order valence-electron chi connectivity index (χ0n) is 11.3. The first-order chi connectivity index (χ1) is 8.46. The predicted octanol–water partition coefficient (Wildman–Crippen LogP) is 0.786. The summed E-state index contributed by atoms with van der Waals surface area (Å²) in [6.45, 7) is 7.29. The van der Waals surface area contributed by atoms with E-state index in [-0.39, 0.29) is 17.7 Å². The minimum absolute atomic E-state index is 0.00607. The first kappa shape index (κ1) is 14.8. The van der Waals surface area contributed by atoms with Crippen molar-refractivity contribution in [2.24, 2.45) is 16.8 Å². The van der Waals surface area contributed by atoms with Gasteiger partial charge >= 0.3 is 0 Å². The van der Waals surface area contributed by atoms with E-state index in [1.807, 2.05) is 25.7 Å². The summed E-state index contributed by atoms with van der Waals surface area (Å²) in [7, 11) is 0. The molecule has 1 amide bonds. The van der Waals surface area contributed by atoms with Crippen LogP contribution in [0.1, 0.15) is 33.6 Å². The van der Waals surface area contributed by atoms with Gasteiger partial charge in [0.2, 0.25) is 5.91 Å². The van der Waals surface area contributed by atoms with Crippen LogP contribution in [0.15, 0.2) is 5.16 Å². The Morgan fingerprint density at radius 3 is 2.44 bits per heavy atom. The molecule has 1 rings (SSSR count). The number of amidine groups is 1. The van der Waals surface area contributed by atoms with Crippen LogP contribution in [0, 0.1) is 5.92 Å². The maximum Gasteiger partial charge on any atom is 0.225 e. The van der Waals surface area contributed by atoms with Gasteiger partial charge in [-0.2, -0.15) is 0 Å². The maximum absolute atomic E-state index is 11.9. The Balaban J connectivity index is 2.72. The quantitative estimate of drug-likeness (QED) is 0.337. The highest BCUT2D eigenvalue weighted by Crippen LogP contribution is 2.27. The molecule has 6 heteroatoms. The van der Waals surface area contributed by atoms with Gasteiger partial charge in [0.15, 0.2) is 5.84 Å². The lowest BCUT2D eigenvalue weighted by Gasteiger charge is -2.40. The van der Waals surface area contributed by atoms with E-state index in [2.05, 4.69) is 5.16 Å². The largest absolute Gasteiger partial charge is 0.409 e. The van der Waals surface area contributed by atoms with Gasteiger partial charge in [0.05, 0.1) is 0 Å². The summed E-state index contributed by atoms with van der Waals surface area (Å²) in [5.74, 6) is 0.231. The van der Waals surface area contributed by atoms with Crippen molar-refractivity contribution < 1.29 is 14.7 Å². The van der Waals surface area contributed by atoms with Gasteiger partial charge in [0.25, 0.3) is 0 Å². The molecule has 0 radical (unpaired) electrons. The molecule has 0 aliphatic carbocycles. The van der Waals surface area contributed by atoms with Crippen molar-refractivity contribution in [1.29, 1.82) is 0 Å². The minimum atomic E-state index is -0.725. The molecule has 0 aromatic rings. The number of nitrogens with zero attached hydrogens (tertiary/aromatic N) is 2. The second-order valence-corrected chi connectivity index (χ2v) is 4.89. The summed E-state index contributed by atoms with van der Waals surface area (Å²) in [5.41, 5.74) is 5.00. The maximum atomic E-state index is 11.9. The van der Waals surface area contributed by atoms with Crippen LogP contribution in [0.3, 0.4) is 0 Å². The van der Waals surface area contributed by atoms with E-state index in [9.17, 15) is 4.79 Å². The predicted molar refractivity (Wildman–Crippen MR) is 68.4 cm³/mol. The summed E-state index contributed by atoms with van der Waals surface area (Å²) >= 11 is 0. The lowest BCUT2D eigenvalue weighted by atomic mass is 9.89. The molecule has 3 N–H and O–H groups in total. The number of likely N-dealkylation sites (tertiary alicyclic amines) is 1. The number of amides is 1. The monoisotopic (exact) mass is 257 g/mol. The number of oxime groups is 1. The molecule has 1 aliphatic rings. The lowest BCUT2D eigenvalue weighted by Crippen LogP contribution is -2.55. The second-order valence-electron chi connectivity index (χ2n) is 4.89. The number of carbonyl (C=O) groups excluding carboxylic acids is 1. The Bertz CT molecular complexity index is 321. The first-order valence-corrected chi connectivity index (χ1v) is 6.37. The highest BCUT2D eigenvalue weighted by atomic mass is 16.5. The fourth-order valence-corrected chi connectivity index (χ4v) is 2.30. The van der Waals surface area contributed by atoms with E-state index in [0.29, 0.717) is 32.5 Å². The Hall–Kier alpha value is -1.30. The molecule has 0 aromatic heterocycles.